The lowest BCUT2D eigenvalue weighted by atomic mass is 10.2. The minimum absolute atomic E-state index is 0.0591. The average Bonchev–Trinajstić information content (AvgIpc) is 3.16. The molecule has 1 unspecified atom stereocenters. The molecule has 0 fully saturated rings. The highest BCUT2D eigenvalue weighted by molar-refractivity contribution is 8.01. The van der Waals surface area contributed by atoms with Crippen LogP contribution in [0, 0.1) is 0 Å². The third-order valence-corrected chi connectivity index (χ3v) is 4.39. The van der Waals surface area contributed by atoms with Gasteiger partial charge in [-0.1, -0.05) is 36.9 Å². The SMILES string of the molecule is CCSc1nnc(NC(=O)C(CC)OC(=O)c2ccco2)s1. The molecule has 0 aliphatic heterocycles. The zero-order valence-electron chi connectivity index (χ0n) is 12.1. The number of thioether (sulfide) groups is 1. The van der Waals surface area contributed by atoms with Gasteiger partial charge < -0.3 is 9.15 Å². The Bertz CT molecular complexity index is 627. The van der Waals surface area contributed by atoms with Crippen LogP contribution < -0.4 is 5.32 Å². The van der Waals surface area contributed by atoms with Crippen LogP contribution in [-0.2, 0) is 9.53 Å². The smallest absolute Gasteiger partial charge is 0.374 e. The number of esters is 1. The summed E-state index contributed by atoms with van der Waals surface area (Å²) in [4.78, 5) is 23.9. The maximum atomic E-state index is 12.1. The van der Waals surface area contributed by atoms with E-state index >= 15 is 0 Å². The Morgan fingerprint density at radius 1 is 1.45 bits per heavy atom. The molecule has 2 heterocycles. The number of furan rings is 1. The third kappa shape index (κ3) is 4.31. The molecule has 0 spiro atoms. The van der Waals surface area contributed by atoms with E-state index in [1.807, 2.05) is 6.92 Å². The maximum absolute atomic E-state index is 12.1. The summed E-state index contributed by atoms with van der Waals surface area (Å²) < 4.78 is 10.9. The maximum Gasteiger partial charge on any atom is 0.374 e. The largest absolute Gasteiger partial charge is 0.457 e. The second-order valence-corrected chi connectivity index (χ2v) is 6.56. The van der Waals surface area contributed by atoms with Crippen molar-refractivity contribution in [2.75, 3.05) is 11.1 Å². The van der Waals surface area contributed by atoms with E-state index in [0.29, 0.717) is 11.6 Å². The third-order valence-electron chi connectivity index (χ3n) is 2.54. The van der Waals surface area contributed by atoms with E-state index in [9.17, 15) is 9.59 Å². The predicted octanol–water partition coefficient (Wildman–Crippen LogP) is 2.82. The van der Waals surface area contributed by atoms with Gasteiger partial charge in [0.1, 0.15) is 0 Å². The first-order valence-corrected chi connectivity index (χ1v) is 8.45. The van der Waals surface area contributed by atoms with Crippen molar-refractivity contribution in [3.05, 3.63) is 24.2 Å². The zero-order chi connectivity index (χ0) is 15.9. The molecule has 1 atom stereocenters. The van der Waals surface area contributed by atoms with Gasteiger partial charge >= 0.3 is 5.97 Å². The van der Waals surface area contributed by atoms with Crippen molar-refractivity contribution in [2.45, 2.75) is 30.7 Å². The van der Waals surface area contributed by atoms with E-state index in [1.165, 1.54) is 23.7 Å². The van der Waals surface area contributed by atoms with Crippen molar-refractivity contribution in [1.82, 2.24) is 10.2 Å². The minimum Gasteiger partial charge on any atom is -0.457 e. The van der Waals surface area contributed by atoms with E-state index in [1.54, 1.807) is 24.8 Å². The molecule has 1 amide bonds. The van der Waals surface area contributed by atoms with Gasteiger partial charge in [-0.25, -0.2) is 4.79 Å². The predicted molar refractivity (Wildman–Crippen MR) is 83.1 cm³/mol. The highest BCUT2D eigenvalue weighted by Gasteiger charge is 2.24. The van der Waals surface area contributed by atoms with E-state index in [4.69, 9.17) is 9.15 Å². The van der Waals surface area contributed by atoms with Crippen LogP contribution in [0.25, 0.3) is 0 Å². The number of carbonyl (C=O) groups excluding carboxylic acids is 2. The summed E-state index contributed by atoms with van der Waals surface area (Å²) in [5, 5.41) is 10.8. The van der Waals surface area contributed by atoms with Crippen molar-refractivity contribution >= 4 is 40.1 Å². The summed E-state index contributed by atoms with van der Waals surface area (Å²) in [5.41, 5.74) is 0. The molecule has 0 saturated heterocycles. The summed E-state index contributed by atoms with van der Waals surface area (Å²) in [6.07, 6.45) is 0.795. The lowest BCUT2D eigenvalue weighted by Crippen LogP contribution is -2.32. The van der Waals surface area contributed by atoms with Gasteiger partial charge in [-0.05, 0) is 24.3 Å². The van der Waals surface area contributed by atoms with Gasteiger partial charge in [0.25, 0.3) is 5.91 Å². The number of nitrogens with one attached hydrogen (secondary N) is 1. The minimum atomic E-state index is -0.913. The number of hydrogen-bond acceptors (Lipinski definition) is 8. The highest BCUT2D eigenvalue weighted by atomic mass is 32.2. The van der Waals surface area contributed by atoms with Crippen molar-refractivity contribution in [3.63, 3.8) is 0 Å². The van der Waals surface area contributed by atoms with Crippen LogP contribution in [0.2, 0.25) is 0 Å². The molecule has 2 aromatic heterocycles. The fourth-order valence-electron chi connectivity index (χ4n) is 1.53. The van der Waals surface area contributed by atoms with E-state index in [-0.39, 0.29) is 5.76 Å². The number of ether oxygens (including phenoxy) is 1. The van der Waals surface area contributed by atoms with Crippen LogP contribution >= 0.6 is 23.1 Å². The van der Waals surface area contributed by atoms with Crippen molar-refractivity contribution < 1.29 is 18.7 Å². The topological polar surface area (TPSA) is 94.3 Å². The molecule has 0 aliphatic carbocycles. The Kier molecular flexibility index (Phi) is 5.96. The molecule has 2 aromatic rings. The van der Waals surface area contributed by atoms with E-state index < -0.39 is 18.0 Å². The summed E-state index contributed by atoms with van der Waals surface area (Å²) in [5.74, 6) is -0.178. The molecule has 0 radical (unpaired) electrons. The quantitative estimate of drug-likeness (QED) is 0.470. The number of amides is 1. The molecule has 22 heavy (non-hydrogen) atoms. The molecular formula is C13H15N3O4S2. The van der Waals surface area contributed by atoms with E-state index in [2.05, 4.69) is 15.5 Å². The van der Waals surface area contributed by atoms with Gasteiger partial charge in [-0.15, -0.1) is 10.2 Å². The molecule has 0 bridgehead atoms. The number of rotatable bonds is 7. The molecule has 9 heteroatoms. The number of nitrogens with zero attached hydrogens (tertiary/aromatic N) is 2. The molecule has 1 N–H and O–H groups in total. The Morgan fingerprint density at radius 2 is 2.27 bits per heavy atom. The normalized spacial score (nSPS) is 11.9. The second kappa shape index (κ2) is 7.95. The Morgan fingerprint density at radius 3 is 2.91 bits per heavy atom. The van der Waals surface area contributed by atoms with Crippen molar-refractivity contribution in [3.8, 4) is 0 Å². The van der Waals surface area contributed by atoms with Crippen molar-refractivity contribution in [1.29, 1.82) is 0 Å². The molecule has 0 aliphatic rings. The lowest BCUT2D eigenvalue weighted by Gasteiger charge is -2.13. The first-order valence-electron chi connectivity index (χ1n) is 6.65. The molecule has 0 aromatic carbocycles. The van der Waals surface area contributed by atoms with Crippen LogP contribution in [0.3, 0.4) is 0 Å². The number of hydrogen-bond donors (Lipinski definition) is 1. The van der Waals surface area contributed by atoms with Crippen molar-refractivity contribution in [2.24, 2.45) is 0 Å². The van der Waals surface area contributed by atoms with Crippen LogP contribution in [0.1, 0.15) is 30.8 Å². The first-order chi connectivity index (χ1) is 10.6. The standard InChI is InChI=1S/C13H15N3O4S2/c1-3-8(20-11(18)9-6-5-7-19-9)10(17)14-12-15-16-13(22-12)21-4-2/h5-8H,3-4H2,1-2H3,(H,14,15,17). The van der Waals surface area contributed by atoms with Crippen LogP contribution in [-0.4, -0.2) is 33.9 Å². The van der Waals surface area contributed by atoms with Gasteiger partial charge in [0.2, 0.25) is 10.9 Å². The number of aromatic nitrogens is 2. The molecule has 2 rings (SSSR count). The fraction of sp³-hybridized carbons (Fsp3) is 0.385. The van der Waals surface area contributed by atoms with Gasteiger partial charge in [-0.3, -0.25) is 10.1 Å². The monoisotopic (exact) mass is 341 g/mol. The molecular weight excluding hydrogens is 326 g/mol. The van der Waals surface area contributed by atoms with Crippen LogP contribution in [0.5, 0.6) is 0 Å². The van der Waals surface area contributed by atoms with E-state index in [0.717, 1.165) is 10.1 Å². The molecule has 118 valence electrons. The lowest BCUT2D eigenvalue weighted by molar-refractivity contribution is -0.124. The van der Waals surface area contributed by atoms with Gasteiger partial charge in [-0.2, -0.15) is 0 Å². The van der Waals surface area contributed by atoms with Gasteiger partial charge in [0.05, 0.1) is 6.26 Å². The van der Waals surface area contributed by atoms with Gasteiger partial charge in [0.15, 0.2) is 10.4 Å². The number of carbonyl (C=O) groups is 2. The Labute approximate surface area is 135 Å². The summed E-state index contributed by atoms with van der Waals surface area (Å²) in [7, 11) is 0. The zero-order valence-corrected chi connectivity index (χ0v) is 13.7. The summed E-state index contributed by atoms with van der Waals surface area (Å²) in [6.45, 7) is 3.75. The molecule has 7 nitrogen and oxygen atoms in total. The summed E-state index contributed by atoms with van der Waals surface area (Å²) in [6, 6.07) is 3.05. The number of anilines is 1. The Hall–Kier alpha value is -1.87. The second-order valence-electron chi connectivity index (χ2n) is 4.07. The Balaban J connectivity index is 1.94. The van der Waals surface area contributed by atoms with Gasteiger partial charge in [0, 0.05) is 0 Å². The molecule has 0 saturated carbocycles. The first kappa shape index (κ1) is 16.5. The highest BCUT2D eigenvalue weighted by Crippen LogP contribution is 2.25. The average molecular weight is 341 g/mol. The summed E-state index contributed by atoms with van der Waals surface area (Å²) >= 11 is 2.82. The van der Waals surface area contributed by atoms with Crippen LogP contribution in [0.4, 0.5) is 5.13 Å². The van der Waals surface area contributed by atoms with Crippen LogP contribution in [0.15, 0.2) is 27.2 Å². The fourth-order valence-corrected chi connectivity index (χ4v) is 3.18.